The van der Waals surface area contributed by atoms with Gasteiger partial charge in [0.05, 0.1) is 11.8 Å². The van der Waals surface area contributed by atoms with Gasteiger partial charge in [0.2, 0.25) is 0 Å². The van der Waals surface area contributed by atoms with Crippen molar-refractivity contribution in [1.82, 2.24) is 15.1 Å². The van der Waals surface area contributed by atoms with E-state index in [-0.39, 0.29) is 23.4 Å². The van der Waals surface area contributed by atoms with Gasteiger partial charge in [-0.25, -0.2) is 0 Å². The molecular formula is C24H23N3O4S. The van der Waals surface area contributed by atoms with Crippen LogP contribution in [0.25, 0.3) is 6.08 Å². The smallest absolute Gasteiger partial charge is 0.270 e. The van der Waals surface area contributed by atoms with Crippen LogP contribution in [0.5, 0.6) is 0 Å². The lowest BCUT2D eigenvalue weighted by atomic mass is 10.2. The Balaban J connectivity index is 1.49. The van der Waals surface area contributed by atoms with Crippen molar-refractivity contribution in [1.29, 1.82) is 0 Å². The normalized spacial score (nSPS) is 14.7. The van der Waals surface area contributed by atoms with Crippen LogP contribution in [0.3, 0.4) is 0 Å². The second-order valence-electron chi connectivity index (χ2n) is 7.34. The fourth-order valence-corrected chi connectivity index (χ4v) is 4.14. The highest BCUT2D eigenvalue weighted by Crippen LogP contribution is 2.15. The first kappa shape index (κ1) is 21.6. The molecule has 8 heteroatoms. The molecule has 4 rings (SSSR count). The van der Waals surface area contributed by atoms with Gasteiger partial charge in [-0.15, -0.1) is 0 Å². The highest BCUT2D eigenvalue weighted by molar-refractivity contribution is 7.08. The number of thiophene rings is 1. The van der Waals surface area contributed by atoms with Gasteiger partial charge in [-0.1, -0.05) is 18.2 Å². The first-order valence-electron chi connectivity index (χ1n) is 10.3. The number of nitrogens with one attached hydrogen (secondary N) is 1. The second-order valence-corrected chi connectivity index (χ2v) is 8.12. The van der Waals surface area contributed by atoms with Gasteiger partial charge < -0.3 is 19.5 Å². The third-order valence-corrected chi connectivity index (χ3v) is 5.87. The third kappa shape index (κ3) is 5.15. The zero-order valence-electron chi connectivity index (χ0n) is 17.4. The molecule has 0 radical (unpaired) electrons. The molecule has 1 N–H and O–H groups in total. The zero-order chi connectivity index (χ0) is 22.3. The molecule has 2 aromatic heterocycles. The number of amides is 3. The summed E-state index contributed by atoms with van der Waals surface area (Å²) in [6.07, 6.45) is 3.69. The third-order valence-electron chi connectivity index (χ3n) is 5.18. The summed E-state index contributed by atoms with van der Waals surface area (Å²) in [5.74, 6) is -0.244. The Bertz CT molecular complexity index is 1090. The molecule has 0 saturated carbocycles. The second kappa shape index (κ2) is 10.1. The van der Waals surface area contributed by atoms with E-state index in [1.165, 1.54) is 23.7 Å². The number of hydrogen-bond donors (Lipinski definition) is 1. The van der Waals surface area contributed by atoms with E-state index < -0.39 is 0 Å². The fraction of sp³-hybridized carbons (Fsp3) is 0.208. The van der Waals surface area contributed by atoms with E-state index in [4.69, 9.17) is 4.42 Å². The van der Waals surface area contributed by atoms with Crippen LogP contribution in [0.2, 0.25) is 0 Å². The summed E-state index contributed by atoms with van der Waals surface area (Å²) in [7, 11) is 0. The molecule has 0 unspecified atom stereocenters. The van der Waals surface area contributed by atoms with Crippen molar-refractivity contribution in [2.24, 2.45) is 0 Å². The molecule has 3 heterocycles. The van der Waals surface area contributed by atoms with Crippen molar-refractivity contribution in [3.8, 4) is 0 Å². The molecule has 1 aromatic carbocycles. The minimum absolute atomic E-state index is 0.0238. The molecule has 7 nitrogen and oxygen atoms in total. The predicted octanol–water partition coefficient (Wildman–Crippen LogP) is 3.49. The molecule has 0 atom stereocenters. The fourth-order valence-electron chi connectivity index (χ4n) is 3.51. The van der Waals surface area contributed by atoms with Gasteiger partial charge in [0.15, 0.2) is 0 Å². The van der Waals surface area contributed by atoms with Crippen LogP contribution in [-0.2, 0) is 4.79 Å². The van der Waals surface area contributed by atoms with Gasteiger partial charge in [-0.05, 0) is 42.1 Å². The average Bonchev–Trinajstić information content (AvgIpc) is 3.49. The molecule has 3 amide bonds. The Morgan fingerprint density at radius 3 is 2.41 bits per heavy atom. The molecular weight excluding hydrogens is 426 g/mol. The molecule has 164 valence electrons. The summed E-state index contributed by atoms with van der Waals surface area (Å²) in [6.45, 7) is 1.88. The number of carbonyl (C=O) groups excluding carboxylic acids is 3. The van der Waals surface area contributed by atoms with Crippen LogP contribution >= 0.6 is 11.3 Å². The van der Waals surface area contributed by atoms with Crippen molar-refractivity contribution in [3.05, 3.63) is 88.1 Å². The van der Waals surface area contributed by atoms with Gasteiger partial charge in [-0.3, -0.25) is 14.4 Å². The number of carbonyl (C=O) groups is 3. The molecule has 0 spiro atoms. The van der Waals surface area contributed by atoms with Gasteiger partial charge in [0.1, 0.15) is 11.5 Å². The lowest BCUT2D eigenvalue weighted by molar-refractivity contribution is -0.127. The number of rotatable bonds is 5. The van der Waals surface area contributed by atoms with E-state index in [0.29, 0.717) is 49.5 Å². The maximum atomic E-state index is 13.3. The van der Waals surface area contributed by atoms with Crippen LogP contribution in [0.4, 0.5) is 0 Å². The standard InChI is InChI=1S/C24H23N3O4S/c28-22(18-6-2-1-3-7-18)25-21(16-20-8-4-14-31-20)24(30)27-11-5-10-26(12-13-27)23(29)19-9-15-32-17-19/h1-4,6-9,14-17H,5,10-13H2,(H,25,28). The number of hydrogen-bond acceptors (Lipinski definition) is 5. The van der Waals surface area contributed by atoms with Crippen LogP contribution in [0, 0.1) is 0 Å². The Morgan fingerprint density at radius 1 is 0.906 bits per heavy atom. The minimum Gasteiger partial charge on any atom is -0.465 e. The summed E-state index contributed by atoms with van der Waals surface area (Å²) in [4.78, 5) is 42.2. The van der Waals surface area contributed by atoms with Crippen molar-refractivity contribution in [3.63, 3.8) is 0 Å². The van der Waals surface area contributed by atoms with Crippen molar-refractivity contribution < 1.29 is 18.8 Å². The highest BCUT2D eigenvalue weighted by atomic mass is 32.1. The van der Waals surface area contributed by atoms with Crippen LogP contribution in [0.15, 0.2) is 75.7 Å². The predicted molar refractivity (Wildman–Crippen MR) is 122 cm³/mol. The Hall–Kier alpha value is -3.65. The molecule has 1 fully saturated rings. The van der Waals surface area contributed by atoms with Crippen molar-refractivity contribution >= 4 is 35.1 Å². The molecule has 0 aliphatic carbocycles. The summed E-state index contributed by atoms with van der Waals surface area (Å²) in [5.41, 5.74) is 1.25. The lowest BCUT2D eigenvalue weighted by Crippen LogP contribution is -2.41. The Morgan fingerprint density at radius 2 is 1.69 bits per heavy atom. The summed E-state index contributed by atoms with van der Waals surface area (Å²) < 4.78 is 5.35. The first-order valence-corrected chi connectivity index (χ1v) is 11.3. The molecule has 1 aliphatic rings. The van der Waals surface area contributed by atoms with E-state index in [0.717, 1.165) is 0 Å². The van der Waals surface area contributed by atoms with E-state index >= 15 is 0 Å². The number of nitrogens with zero attached hydrogens (tertiary/aromatic N) is 2. The highest BCUT2D eigenvalue weighted by Gasteiger charge is 2.26. The van der Waals surface area contributed by atoms with Crippen LogP contribution in [0.1, 0.15) is 32.9 Å². The largest absolute Gasteiger partial charge is 0.465 e. The zero-order valence-corrected chi connectivity index (χ0v) is 18.2. The molecule has 1 saturated heterocycles. The Kier molecular flexibility index (Phi) is 6.81. The molecule has 0 bridgehead atoms. The first-order chi connectivity index (χ1) is 15.6. The average molecular weight is 450 g/mol. The van der Waals surface area contributed by atoms with E-state index in [2.05, 4.69) is 5.32 Å². The van der Waals surface area contributed by atoms with E-state index in [1.807, 2.05) is 22.9 Å². The molecule has 32 heavy (non-hydrogen) atoms. The van der Waals surface area contributed by atoms with Crippen LogP contribution < -0.4 is 5.32 Å². The lowest BCUT2D eigenvalue weighted by Gasteiger charge is -2.23. The van der Waals surface area contributed by atoms with E-state index in [9.17, 15) is 14.4 Å². The summed E-state index contributed by atoms with van der Waals surface area (Å²) in [5, 5.41) is 6.45. The van der Waals surface area contributed by atoms with Crippen molar-refractivity contribution in [2.45, 2.75) is 6.42 Å². The molecule has 3 aromatic rings. The molecule has 1 aliphatic heterocycles. The van der Waals surface area contributed by atoms with Crippen molar-refractivity contribution in [2.75, 3.05) is 26.2 Å². The quantitative estimate of drug-likeness (QED) is 0.605. The van der Waals surface area contributed by atoms with Gasteiger partial charge >= 0.3 is 0 Å². The van der Waals surface area contributed by atoms with E-state index in [1.54, 1.807) is 46.2 Å². The van der Waals surface area contributed by atoms with Crippen LogP contribution in [-0.4, -0.2) is 53.7 Å². The summed E-state index contributed by atoms with van der Waals surface area (Å²) in [6, 6.07) is 14.0. The topological polar surface area (TPSA) is 82.9 Å². The monoisotopic (exact) mass is 449 g/mol. The van der Waals surface area contributed by atoms with Gasteiger partial charge in [-0.2, -0.15) is 11.3 Å². The van der Waals surface area contributed by atoms with Gasteiger partial charge in [0.25, 0.3) is 17.7 Å². The summed E-state index contributed by atoms with van der Waals surface area (Å²) >= 11 is 1.48. The SMILES string of the molecule is O=C(NC(=Cc1ccco1)C(=O)N1CCCN(C(=O)c2ccsc2)CC1)c1ccccc1. The Labute approximate surface area is 189 Å². The maximum Gasteiger partial charge on any atom is 0.270 e. The number of furan rings is 1. The van der Waals surface area contributed by atoms with Gasteiger partial charge in [0, 0.05) is 43.2 Å². The minimum atomic E-state index is -0.374. The maximum absolute atomic E-state index is 13.3. The number of benzene rings is 1.